The molecule has 0 saturated carbocycles. The highest BCUT2D eigenvalue weighted by Crippen LogP contribution is 2.06. The summed E-state index contributed by atoms with van der Waals surface area (Å²) in [6.45, 7) is 0.118. The van der Waals surface area contributed by atoms with Crippen molar-refractivity contribution in [2.24, 2.45) is 0 Å². The van der Waals surface area contributed by atoms with Crippen LogP contribution in [0.4, 0.5) is 4.79 Å². The molecule has 0 unspecified atom stereocenters. The summed E-state index contributed by atoms with van der Waals surface area (Å²) < 4.78 is 4.51. The van der Waals surface area contributed by atoms with E-state index in [2.05, 4.69) is 9.72 Å². The van der Waals surface area contributed by atoms with Crippen molar-refractivity contribution in [2.75, 3.05) is 0 Å². The monoisotopic (exact) mass is 205 g/mol. The Hall–Kier alpha value is -0.800. The second-order valence-electron chi connectivity index (χ2n) is 2.02. The van der Waals surface area contributed by atoms with E-state index in [0.717, 1.165) is 5.56 Å². The van der Waals surface area contributed by atoms with Crippen LogP contribution in [0.25, 0.3) is 0 Å². The van der Waals surface area contributed by atoms with Crippen LogP contribution >= 0.6 is 23.2 Å². The number of hydrogen-bond donors (Lipinski definition) is 0. The minimum atomic E-state index is -0.829. The lowest BCUT2D eigenvalue weighted by atomic mass is 10.3. The Labute approximate surface area is 79.3 Å². The molecule has 5 heteroatoms. The Bertz CT molecular complexity index is 273. The van der Waals surface area contributed by atoms with Gasteiger partial charge in [0.15, 0.2) is 0 Å². The lowest BCUT2D eigenvalue weighted by molar-refractivity contribution is 0.167. The molecule has 1 heterocycles. The van der Waals surface area contributed by atoms with Gasteiger partial charge in [-0.25, -0.2) is 9.78 Å². The van der Waals surface area contributed by atoms with Crippen molar-refractivity contribution in [3.8, 4) is 0 Å². The number of ether oxygens (including phenoxy) is 1. The van der Waals surface area contributed by atoms with E-state index in [1.54, 1.807) is 12.1 Å². The molecule has 0 aliphatic heterocycles. The van der Waals surface area contributed by atoms with Crippen molar-refractivity contribution in [3.05, 3.63) is 29.0 Å². The van der Waals surface area contributed by atoms with Gasteiger partial charge in [0.25, 0.3) is 0 Å². The van der Waals surface area contributed by atoms with Gasteiger partial charge in [-0.05, 0) is 6.07 Å². The molecule has 0 fully saturated rings. The van der Waals surface area contributed by atoms with E-state index in [4.69, 9.17) is 23.2 Å². The fraction of sp³-hybridized carbons (Fsp3) is 0.143. The van der Waals surface area contributed by atoms with Crippen LogP contribution in [0.3, 0.4) is 0 Å². The molecule has 1 aromatic rings. The minimum Gasteiger partial charge on any atom is -0.449 e. The quantitative estimate of drug-likeness (QED) is 0.551. The van der Waals surface area contributed by atoms with Gasteiger partial charge in [-0.2, -0.15) is 0 Å². The molecular formula is C7H5Cl2NO2. The van der Waals surface area contributed by atoms with Crippen LogP contribution in [0.1, 0.15) is 5.56 Å². The zero-order valence-corrected chi connectivity index (χ0v) is 7.47. The fourth-order valence-corrected chi connectivity index (χ4v) is 0.798. The third-order valence-corrected chi connectivity index (χ3v) is 1.47. The van der Waals surface area contributed by atoms with Gasteiger partial charge in [-0.1, -0.05) is 17.7 Å². The third kappa shape index (κ3) is 3.07. The lowest BCUT2D eigenvalue weighted by Crippen LogP contribution is -1.94. The van der Waals surface area contributed by atoms with E-state index in [-0.39, 0.29) is 6.61 Å². The van der Waals surface area contributed by atoms with Gasteiger partial charge in [0.1, 0.15) is 11.8 Å². The van der Waals surface area contributed by atoms with Crippen molar-refractivity contribution in [1.82, 2.24) is 4.98 Å². The summed E-state index contributed by atoms with van der Waals surface area (Å²) in [5, 5.41) is 0.399. The van der Waals surface area contributed by atoms with E-state index in [1.165, 1.54) is 6.20 Å². The zero-order valence-electron chi connectivity index (χ0n) is 5.96. The van der Waals surface area contributed by atoms with E-state index in [9.17, 15) is 4.79 Å². The number of hydrogen-bond acceptors (Lipinski definition) is 3. The second kappa shape index (κ2) is 4.28. The Morgan fingerprint density at radius 2 is 2.33 bits per heavy atom. The summed E-state index contributed by atoms with van der Waals surface area (Å²) in [6.07, 6.45) is 1.52. The molecule has 0 N–H and O–H groups in total. The van der Waals surface area contributed by atoms with Crippen molar-refractivity contribution in [2.45, 2.75) is 6.61 Å². The molecule has 0 saturated heterocycles. The Morgan fingerprint density at radius 3 is 2.83 bits per heavy atom. The number of halogens is 2. The minimum absolute atomic E-state index is 0.118. The van der Waals surface area contributed by atoms with Crippen LogP contribution < -0.4 is 0 Å². The normalized spacial score (nSPS) is 9.50. The SMILES string of the molecule is O=C(Cl)OCc1ccc(Cl)nc1. The average molecular weight is 206 g/mol. The first-order chi connectivity index (χ1) is 5.68. The van der Waals surface area contributed by atoms with Crippen molar-refractivity contribution < 1.29 is 9.53 Å². The van der Waals surface area contributed by atoms with E-state index in [1.807, 2.05) is 0 Å². The molecule has 0 spiro atoms. The molecular weight excluding hydrogens is 201 g/mol. The first kappa shape index (κ1) is 9.29. The topological polar surface area (TPSA) is 39.2 Å². The van der Waals surface area contributed by atoms with Gasteiger partial charge in [0.2, 0.25) is 0 Å². The molecule has 12 heavy (non-hydrogen) atoms. The number of nitrogens with zero attached hydrogens (tertiary/aromatic N) is 1. The van der Waals surface area contributed by atoms with Crippen molar-refractivity contribution in [3.63, 3.8) is 0 Å². The Balaban J connectivity index is 2.53. The van der Waals surface area contributed by atoms with Crippen LogP contribution in [0.5, 0.6) is 0 Å². The van der Waals surface area contributed by atoms with Gasteiger partial charge in [0.05, 0.1) is 0 Å². The molecule has 3 nitrogen and oxygen atoms in total. The molecule has 64 valence electrons. The largest absolute Gasteiger partial charge is 0.449 e. The smallest absolute Gasteiger partial charge is 0.404 e. The lowest BCUT2D eigenvalue weighted by Gasteiger charge is -1.99. The standard InChI is InChI=1S/C7H5Cl2NO2/c8-6-2-1-5(3-10-6)4-12-7(9)11/h1-3H,4H2. The maximum Gasteiger partial charge on any atom is 0.404 e. The molecule has 1 rings (SSSR count). The van der Waals surface area contributed by atoms with Crippen LogP contribution in [0.15, 0.2) is 18.3 Å². The van der Waals surface area contributed by atoms with Crippen LogP contribution in [0, 0.1) is 0 Å². The Morgan fingerprint density at radius 1 is 1.58 bits per heavy atom. The molecule has 0 bridgehead atoms. The fourth-order valence-electron chi connectivity index (χ4n) is 0.632. The van der Waals surface area contributed by atoms with Crippen LogP contribution in [0.2, 0.25) is 5.15 Å². The van der Waals surface area contributed by atoms with Gasteiger partial charge in [-0.3, -0.25) is 0 Å². The molecule has 0 aromatic carbocycles. The number of pyridine rings is 1. The number of rotatable bonds is 2. The highest BCUT2D eigenvalue weighted by Gasteiger charge is 1.97. The van der Waals surface area contributed by atoms with Crippen LogP contribution in [-0.2, 0) is 11.3 Å². The highest BCUT2D eigenvalue weighted by molar-refractivity contribution is 6.61. The molecule has 1 aromatic heterocycles. The van der Waals surface area contributed by atoms with Gasteiger partial charge in [-0.15, -0.1) is 0 Å². The highest BCUT2D eigenvalue weighted by atomic mass is 35.5. The first-order valence-corrected chi connectivity index (χ1v) is 3.87. The average Bonchev–Trinajstić information content (AvgIpc) is 2.03. The molecule has 0 atom stereocenters. The molecule has 0 radical (unpaired) electrons. The first-order valence-electron chi connectivity index (χ1n) is 3.11. The van der Waals surface area contributed by atoms with Gasteiger partial charge >= 0.3 is 5.43 Å². The maximum atomic E-state index is 10.2. The molecule has 0 amide bonds. The third-order valence-electron chi connectivity index (χ3n) is 1.14. The molecule has 0 aliphatic carbocycles. The predicted octanol–water partition coefficient (Wildman–Crippen LogP) is 2.61. The number of carbonyl (C=O) groups excluding carboxylic acids is 1. The van der Waals surface area contributed by atoms with Crippen LogP contribution in [-0.4, -0.2) is 10.4 Å². The molecule has 0 aliphatic rings. The van der Waals surface area contributed by atoms with E-state index < -0.39 is 5.43 Å². The van der Waals surface area contributed by atoms with Gasteiger partial charge < -0.3 is 4.74 Å². The summed E-state index contributed by atoms with van der Waals surface area (Å²) in [6, 6.07) is 3.31. The summed E-state index contributed by atoms with van der Waals surface area (Å²) in [4.78, 5) is 14.0. The number of aromatic nitrogens is 1. The zero-order chi connectivity index (χ0) is 8.97. The number of carbonyl (C=O) groups is 1. The van der Waals surface area contributed by atoms with E-state index >= 15 is 0 Å². The summed E-state index contributed by atoms with van der Waals surface area (Å²) in [5.74, 6) is 0. The van der Waals surface area contributed by atoms with E-state index in [0.29, 0.717) is 5.15 Å². The summed E-state index contributed by atoms with van der Waals surface area (Å²) in [5.41, 5.74) is -0.0849. The predicted molar refractivity (Wildman–Crippen MR) is 45.3 cm³/mol. The summed E-state index contributed by atoms with van der Waals surface area (Å²) >= 11 is 10.5. The summed E-state index contributed by atoms with van der Waals surface area (Å²) in [7, 11) is 0. The van der Waals surface area contributed by atoms with Crippen molar-refractivity contribution >= 4 is 28.6 Å². The van der Waals surface area contributed by atoms with Crippen molar-refractivity contribution in [1.29, 1.82) is 0 Å². The second-order valence-corrected chi connectivity index (χ2v) is 2.71. The van der Waals surface area contributed by atoms with Gasteiger partial charge in [0, 0.05) is 23.4 Å². The Kier molecular flexibility index (Phi) is 3.31. The maximum absolute atomic E-state index is 10.2.